The van der Waals surface area contributed by atoms with E-state index in [-0.39, 0.29) is 17.7 Å². The molecule has 0 saturated heterocycles. The zero-order valence-electron chi connectivity index (χ0n) is 10.5. The summed E-state index contributed by atoms with van der Waals surface area (Å²) in [5.74, 6) is 0. The Morgan fingerprint density at radius 1 is 1.58 bits per heavy atom. The molecule has 0 fully saturated rings. The highest BCUT2D eigenvalue weighted by Gasteiger charge is 2.25. The SMILES string of the molecule is Cc1[nH]nc(S(=O)(=O)NC(C)c2cccs2)c1CO. The van der Waals surface area contributed by atoms with E-state index in [0.29, 0.717) is 11.3 Å². The van der Waals surface area contributed by atoms with Gasteiger partial charge in [-0.25, -0.2) is 13.1 Å². The van der Waals surface area contributed by atoms with Gasteiger partial charge in [0.25, 0.3) is 10.0 Å². The van der Waals surface area contributed by atoms with E-state index >= 15 is 0 Å². The van der Waals surface area contributed by atoms with Gasteiger partial charge >= 0.3 is 0 Å². The molecular weight excluding hydrogens is 286 g/mol. The molecule has 0 saturated carbocycles. The van der Waals surface area contributed by atoms with Gasteiger partial charge in [0.2, 0.25) is 0 Å². The Labute approximate surface area is 115 Å². The van der Waals surface area contributed by atoms with Crippen LogP contribution in [0.4, 0.5) is 0 Å². The van der Waals surface area contributed by atoms with Crippen molar-refractivity contribution < 1.29 is 13.5 Å². The largest absolute Gasteiger partial charge is 0.392 e. The summed E-state index contributed by atoms with van der Waals surface area (Å²) in [6.07, 6.45) is 0. The van der Waals surface area contributed by atoms with E-state index in [4.69, 9.17) is 0 Å². The predicted molar refractivity (Wildman–Crippen MR) is 72.3 cm³/mol. The number of H-pyrrole nitrogens is 1. The van der Waals surface area contributed by atoms with Gasteiger partial charge in [-0.3, -0.25) is 5.10 Å². The predicted octanol–water partition coefficient (Wildman–Crippen LogP) is 1.31. The van der Waals surface area contributed by atoms with Gasteiger partial charge in [0.1, 0.15) is 0 Å². The van der Waals surface area contributed by atoms with Crippen molar-refractivity contribution in [2.24, 2.45) is 0 Å². The first-order valence-corrected chi connectivity index (χ1v) is 8.02. The number of aliphatic hydroxyl groups excluding tert-OH is 1. The van der Waals surface area contributed by atoms with E-state index in [2.05, 4.69) is 14.9 Å². The molecule has 1 atom stereocenters. The molecule has 0 aliphatic rings. The van der Waals surface area contributed by atoms with E-state index in [1.807, 2.05) is 17.5 Å². The normalized spacial score (nSPS) is 13.6. The molecule has 0 bridgehead atoms. The number of hydrogen-bond donors (Lipinski definition) is 3. The Kier molecular flexibility index (Phi) is 4.04. The monoisotopic (exact) mass is 301 g/mol. The summed E-state index contributed by atoms with van der Waals surface area (Å²) in [5.41, 5.74) is 0.845. The molecule has 0 spiro atoms. The van der Waals surface area contributed by atoms with Crippen LogP contribution in [0, 0.1) is 6.92 Å². The third kappa shape index (κ3) is 2.86. The minimum Gasteiger partial charge on any atom is -0.392 e. The van der Waals surface area contributed by atoms with Gasteiger partial charge in [-0.15, -0.1) is 11.3 Å². The maximum atomic E-state index is 12.2. The lowest BCUT2D eigenvalue weighted by molar-refractivity contribution is 0.277. The van der Waals surface area contributed by atoms with Gasteiger partial charge in [0, 0.05) is 16.1 Å². The molecule has 3 N–H and O–H groups in total. The third-order valence-electron chi connectivity index (χ3n) is 2.75. The Balaban J connectivity index is 2.28. The fourth-order valence-electron chi connectivity index (χ4n) is 1.72. The average Bonchev–Trinajstić information content (AvgIpc) is 2.96. The van der Waals surface area contributed by atoms with Crippen LogP contribution in [0.2, 0.25) is 0 Å². The molecular formula is C11H15N3O3S2. The molecule has 0 amide bonds. The van der Waals surface area contributed by atoms with Gasteiger partial charge < -0.3 is 5.11 Å². The Morgan fingerprint density at radius 3 is 2.89 bits per heavy atom. The lowest BCUT2D eigenvalue weighted by Gasteiger charge is -2.12. The highest BCUT2D eigenvalue weighted by Crippen LogP contribution is 2.22. The number of aromatic nitrogens is 2. The second-order valence-corrected chi connectivity index (χ2v) is 6.76. The first-order valence-electron chi connectivity index (χ1n) is 5.66. The van der Waals surface area contributed by atoms with Crippen molar-refractivity contribution in [1.29, 1.82) is 0 Å². The van der Waals surface area contributed by atoms with E-state index < -0.39 is 10.0 Å². The van der Waals surface area contributed by atoms with E-state index in [0.717, 1.165) is 4.88 Å². The molecule has 0 radical (unpaired) electrons. The first-order chi connectivity index (χ1) is 8.95. The number of thiophene rings is 1. The van der Waals surface area contributed by atoms with E-state index in [9.17, 15) is 13.5 Å². The van der Waals surface area contributed by atoms with E-state index in [1.165, 1.54) is 11.3 Å². The highest BCUT2D eigenvalue weighted by atomic mass is 32.2. The second-order valence-electron chi connectivity index (χ2n) is 4.15. The van der Waals surface area contributed by atoms with Crippen LogP contribution in [-0.2, 0) is 16.6 Å². The van der Waals surface area contributed by atoms with Crippen LogP contribution >= 0.6 is 11.3 Å². The maximum absolute atomic E-state index is 12.2. The summed E-state index contributed by atoms with van der Waals surface area (Å²) in [5, 5.41) is 17.3. The Morgan fingerprint density at radius 2 is 2.32 bits per heavy atom. The van der Waals surface area contributed by atoms with Crippen molar-refractivity contribution in [1.82, 2.24) is 14.9 Å². The van der Waals surface area contributed by atoms with Crippen LogP contribution in [0.3, 0.4) is 0 Å². The molecule has 104 valence electrons. The molecule has 8 heteroatoms. The van der Waals surface area contributed by atoms with Gasteiger partial charge in [0.05, 0.1) is 12.6 Å². The molecule has 2 rings (SSSR count). The van der Waals surface area contributed by atoms with Crippen molar-refractivity contribution in [2.45, 2.75) is 31.5 Å². The molecule has 19 heavy (non-hydrogen) atoms. The van der Waals surface area contributed by atoms with Crippen LogP contribution in [0.1, 0.15) is 29.1 Å². The van der Waals surface area contributed by atoms with Crippen molar-refractivity contribution in [3.8, 4) is 0 Å². The number of sulfonamides is 1. The second kappa shape index (κ2) is 5.41. The number of hydrogen-bond acceptors (Lipinski definition) is 5. The summed E-state index contributed by atoms with van der Waals surface area (Å²) in [7, 11) is -3.75. The summed E-state index contributed by atoms with van der Waals surface area (Å²) >= 11 is 1.48. The van der Waals surface area contributed by atoms with E-state index in [1.54, 1.807) is 13.8 Å². The molecule has 0 aliphatic heterocycles. The van der Waals surface area contributed by atoms with Gasteiger partial charge in [-0.1, -0.05) is 6.07 Å². The molecule has 2 aromatic heterocycles. The Hall–Kier alpha value is -1.22. The number of rotatable bonds is 5. The van der Waals surface area contributed by atoms with Crippen LogP contribution in [0.25, 0.3) is 0 Å². The Bertz CT molecular complexity index is 647. The minimum absolute atomic E-state index is 0.143. The first kappa shape index (κ1) is 14.2. The molecule has 2 aromatic rings. The fourth-order valence-corrected chi connectivity index (χ4v) is 3.94. The van der Waals surface area contributed by atoms with Crippen molar-refractivity contribution >= 4 is 21.4 Å². The topological polar surface area (TPSA) is 95.1 Å². The van der Waals surface area contributed by atoms with Crippen LogP contribution in [0.15, 0.2) is 22.5 Å². The number of nitrogens with zero attached hydrogens (tertiary/aromatic N) is 1. The van der Waals surface area contributed by atoms with Gasteiger partial charge in [0.15, 0.2) is 5.03 Å². The standard InChI is InChI=1S/C11H15N3O3S2/c1-7-9(6-15)11(13-12-7)19(16,17)14-8(2)10-4-3-5-18-10/h3-5,8,14-15H,6H2,1-2H3,(H,12,13). The summed E-state index contributed by atoms with van der Waals surface area (Å²) < 4.78 is 27.0. The highest BCUT2D eigenvalue weighted by molar-refractivity contribution is 7.89. The fraction of sp³-hybridized carbons (Fsp3) is 0.364. The van der Waals surface area contributed by atoms with Crippen LogP contribution in [-0.4, -0.2) is 23.7 Å². The molecule has 1 unspecified atom stereocenters. The molecule has 0 aliphatic carbocycles. The lowest BCUT2D eigenvalue weighted by atomic mass is 10.3. The van der Waals surface area contributed by atoms with Crippen LogP contribution < -0.4 is 4.72 Å². The molecule has 6 nitrogen and oxygen atoms in total. The molecule has 2 heterocycles. The third-order valence-corrected chi connectivity index (χ3v) is 5.32. The minimum atomic E-state index is -3.75. The zero-order valence-corrected chi connectivity index (χ0v) is 12.2. The smallest absolute Gasteiger partial charge is 0.260 e. The van der Waals surface area contributed by atoms with Gasteiger partial charge in [-0.05, 0) is 25.3 Å². The summed E-state index contributed by atoms with van der Waals surface area (Å²) in [4.78, 5) is 0.918. The number of nitrogens with one attached hydrogen (secondary N) is 2. The lowest BCUT2D eigenvalue weighted by Crippen LogP contribution is -2.27. The zero-order chi connectivity index (χ0) is 14.0. The van der Waals surface area contributed by atoms with Crippen LogP contribution in [0.5, 0.6) is 0 Å². The average molecular weight is 301 g/mol. The number of aryl methyl sites for hydroxylation is 1. The molecule has 0 aromatic carbocycles. The van der Waals surface area contributed by atoms with Crippen molar-refractivity contribution in [3.05, 3.63) is 33.6 Å². The summed E-state index contributed by atoms with van der Waals surface area (Å²) in [6.45, 7) is 3.06. The summed E-state index contributed by atoms with van der Waals surface area (Å²) in [6, 6.07) is 3.39. The van der Waals surface area contributed by atoms with Crippen molar-refractivity contribution in [2.75, 3.05) is 0 Å². The van der Waals surface area contributed by atoms with Gasteiger partial charge in [-0.2, -0.15) is 5.10 Å². The quantitative estimate of drug-likeness (QED) is 0.776. The van der Waals surface area contributed by atoms with Crippen molar-refractivity contribution in [3.63, 3.8) is 0 Å². The number of aliphatic hydroxyl groups is 1. The number of aromatic amines is 1. The maximum Gasteiger partial charge on any atom is 0.260 e.